The molecule has 0 aromatic rings. The van der Waals surface area contributed by atoms with Crippen LogP contribution in [0.5, 0.6) is 0 Å². The lowest BCUT2D eigenvalue weighted by Crippen LogP contribution is -2.30. The van der Waals surface area contributed by atoms with Gasteiger partial charge in [0.25, 0.3) is 0 Å². The summed E-state index contributed by atoms with van der Waals surface area (Å²) in [4.78, 5) is 10.3. The Morgan fingerprint density at radius 2 is 2.40 bits per heavy atom. The van der Waals surface area contributed by atoms with Crippen molar-refractivity contribution in [2.75, 3.05) is 13.2 Å². The van der Waals surface area contributed by atoms with Crippen LogP contribution in [0.2, 0.25) is 0 Å². The minimum absolute atomic E-state index is 0.214. The molecular weight excluding hydrogens is 132 g/mol. The Labute approximate surface area is 60.0 Å². The highest BCUT2D eigenvalue weighted by atomic mass is 16.5. The molecule has 0 saturated carbocycles. The predicted octanol–water partition coefficient (Wildman–Crippen LogP) is 0.744. The zero-order valence-electron chi connectivity index (χ0n) is 6.04. The fourth-order valence-electron chi connectivity index (χ4n) is 1.02. The highest BCUT2D eigenvalue weighted by Crippen LogP contribution is 2.19. The Morgan fingerprint density at radius 3 is 2.70 bits per heavy atom. The molecule has 0 bridgehead atoms. The molecule has 3 nitrogen and oxygen atoms in total. The van der Waals surface area contributed by atoms with Crippen molar-refractivity contribution in [3.63, 3.8) is 0 Å². The number of carbonyl (C=O) groups is 1. The molecule has 1 atom stereocenters. The normalized spacial score (nSPS) is 21.7. The van der Waals surface area contributed by atoms with Gasteiger partial charge in [-0.25, -0.2) is 0 Å². The molecule has 0 spiro atoms. The Balaban J connectivity index is 2.16. The Bertz CT molecular complexity index is 129. The average molecular weight is 144 g/mol. The van der Waals surface area contributed by atoms with E-state index in [1.54, 1.807) is 6.92 Å². The van der Waals surface area contributed by atoms with Gasteiger partial charge >= 0.3 is 5.97 Å². The van der Waals surface area contributed by atoms with Crippen LogP contribution in [0.25, 0.3) is 0 Å². The molecule has 58 valence electrons. The summed E-state index contributed by atoms with van der Waals surface area (Å²) in [5, 5.41) is 8.51. The molecule has 1 aliphatic rings. The largest absolute Gasteiger partial charge is 0.481 e. The van der Waals surface area contributed by atoms with Crippen molar-refractivity contribution < 1.29 is 14.6 Å². The maximum atomic E-state index is 10.3. The monoisotopic (exact) mass is 144 g/mol. The lowest BCUT2D eigenvalue weighted by molar-refractivity contribution is -0.143. The van der Waals surface area contributed by atoms with E-state index in [4.69, 9.17) is 9.84 Å². The third-order valence-corrected chi connectivity index (χ3v) is 1.82. The van der Waals surface area contributed by atoms with E-state index < -0.39 is 5.97 Å². The maximum Gasteiger partial charge on any atom is 0.306 e. The number of carboxylic acid groups (broad SMARTS) is 1. The summed E-state index contributed by atoms with van der Waals surface area (Å²) in [5.41, 5.74) is 0. The van der Waals surface area contributed by atoms with Crippen LogP contribution in [0, 0.1) is 11.8 Å². The van der Waals surface area contributed by atoms with Gasteiger partial charge in [0.2, 0.25) is 0 Å². The molecule has 1 aliphatic heterocycles. The fraction of sp³-hybridized carbons (Fsp3) is 0.857. The molecule has 1 fully saturated rings. The van der Waals surface area contributed by atoms with Crippen LogP contribution in [-0.2, 0) is 9.53 Å². The third-order valence-electron chi connectivity index (χ3n) is 1.82. The van der Waals surface area contributed by atoms with Crippen LogP contribution in [0.1, 0.15) is 13.3 Å². The van der Waals surface area contributed by atoms with Gasteiger partial charge in [-0.3, -0.25) is 4.79 Å². The van der Waals surface area contributed by atoms with Crippen molar-refractivity contribution in [1.29, 1.82) is 0 Å². The lowest BCUT2D eigenvalue weighted by atomic mass is 9.95. The van der Waals surface area contributed by atoms with Crippen LogP contribution in [0.3, 0.4) is 0 Å². The van der Waals surface area contributed by atoms with E-state index in [0.29, 0.717) is 5.92 Å². The molecule has 1 heterocycles. The molecular formula is C7H12O3. The SMILES string of the molecule is CC(CC1COC1)C(=O)O. The fourth-order valence-corrected chi connectivity index (χ4v) is 1.02. The minimum atomic E-state index is -0.702. The van der Waals surface area contributed by atoms with Gasteiger partial charge in [-0.15, -0.1) is 0 Å². The van der Waals surface area contributed by atoms with Gasteiger partial charge < -0.3 is 9.84 Å². The lowest BCUT2D eigenvalue weighted by Gasteiger charge is -2.27. The van der Waals surface area contributed by atoms with Crippen molar-refractivity contribution in [3.8, 4) is 0 Å². The first-order valence-electron chi connectivity index (χ1n) is 3.50. The summed E-state index contributed by atoms with van der Waals surface area (Å²) in [6.07, 6.45) is 0.759. The van der Waals surface area contributed by atoms with Gasteiger partial charge in [0.15, 0.2) is 0 Å². The number of aliphatic carboxylic acids is 1. The van der Waals surface area contributed by atoms with E-state index in [2.05, 4.69) is 0 Å². The van der Waals surface area contributed by atoms with Gasteiger partial charge in [0, 0.05) is 5.92 Å². The second kappa shape index (κ2) is 3.01. The van der Waals surface area contributed by atoms with E-state index in [1.165, 1.54) is 0 Å². The molecule has 0 aromatic heterocycles. The van der Waals surface area contributed by atoms with Crippen LogP contribution >= 0.6 is 0 Å². The Morgan fingerprint density at radius 1 is 1.80 bits per heavy atom. The average Bonchev–Trinajstić information content (AvgIpc) is 1.77. The first-order valence-corrected chi connectivity index (χ1v) is 3.50. The molecule has 10 heavy (non-hydrogen) atoms. The van der Waals surface area contributed by atoms with Crippen molar-refractivity contribution in [3.05, 3.63) is 0 Å². The summed E-state index contributed by atoms with van der Waals surface area (Å²) < 4.78 is 4.92. The number of hydrogen-bond acceptors (Lipinski definition) is 2. The smallest absolute Gasteiger partial charge is 0.306 e. The van der Waals surface area contributed by atoms with Gasteiger partial charge in [0.1, 0.15) is 0 Å². The second-order valence-electron chi connectivity index (χ2n) is 2.88. The predicted molar refractivity (Wildman–Crippen MR) is 35.7 cm³/mol. The molecule has 0 aromatic carbocycles. The van der Waals surface area contributed by atoms with E-state index in [1.807, 2.05) is 0 Å². The maximum absolute atomic E-state index is 10.3. The molecule has 0 radical (unpaired) electrons. The highest BCUT2D eigenvalue weighted by molar-refractivity contribution is 5.69. The van der Waals surface area contributed by atoms with E-state index in [-0.39, 0.29) is 5.92 Å². The zero-order valence-corrected chi connectivity index (χ0v) is 6.04. The van der Waals surface area contributed by atoms with E-state index in [0.717, 1.165) is 19.6 Å². The first-order chi connectivity index (χ1) is 4.70. The van der Waals surface area contributed by atoms with E-state index >= 15 is 0 Å². The van der Waals surface area contributed by atoms with Gasteiger partial charge in [-0.1, -0.05) is 6.92 Å². The number of ether oxygens (including phenoxy) is 1. The minimum Gasteiger partial charge on any atom is -0.481 e. The molecule has 0 amide bonds. The first kappa shape index (κ1) is 7.54. The van der Waals surface area contributed by atoms with Crippen molar-refractivity contribution in [1.82, 2.24) is 0 Å². The van der Waals surface area contributed by atoms with Crippen LogP contribution in [0.15, 0.2) is 0 Å². The van der Waals surface area contributed by atoms with Crippen molar-refractivity contribution in [2.24, 2.45) is 11.8 Å². The summed E-state index contributed by atoms with van der Waals surface area (Å²) in [6, 6.07) is 0. The summed E-state index contributed by atoms with van der Waals surface area (Å²) in [6.45, 7) is 3.23. The third kappa shape index (κ3) is 1.70. The summed E-state index contributed by atoms with van der Waals surface area (Å²) in [7, 11) is 0. The molecule has 1 saturated heterocycles. The van der Waals surface area contributed by atoms with Crippen LogP contribution < -0.4 is 0 Å². The quantitative estimate of drug-likeness (QED) is 0.635. The summed E-state index contributed by atoms with van der Waals surface area (Å²) in [5.74, 6) is -0.424. The standard InChI is InChI=1S/C7H12O3/c1-5(7(8)9)2-6-3-10-4-6/h5-6H,2-4H2,1H3,(H,8,9). The highest BCUT2D eigenvalue weighted by Gasteiger charge is 2.23. The summed E-state index contributed by atoms with van der Waals surface area (Å²) >= 11 is 0. The Kier molecular flexibility index (Phi) is 2.27. The zero-order chi connectivity index (χ0) is 7.56. The van der Waals surface area contributed by atoms with Crippen LogP contribution in [-0.4, -0.2) is 24.3 Å². The molecule has 3 heteroatoms. The van der Waals surface area contributed by atoms with E-state index in [9.17, 15) is 4.79 Å². The van der Waals surface area contributed by atoms with Gasteiger partial charge in [-0.2, -0.15) is 0 Å². The molecule has 1 N–H and O–H groups in total. The second-order valence-corrected chi connectivity index (χ2v) is 2.88. The van der Waals surface area contributed by atoms with Crippen molar-refractivity contribution in [2.45, 2.75) is 13.3 Å². The van der Waals surface area contributed by atoms with Gasteiger partial charge in [-0.05, 0) is 6.42 Å². The topological polar surface area (TPSA) is 46.5 Å². The molecule has 1 unspecified atom stereocenters. The number of carboxylic acids is 1. The number of rotatable bonds is 3. The van der Waals surface area contributed by atoms with Crippen LogP contribution in [0.4, 0.5) is 0 Å². The molecule has 1 rings (SSSR count). The molecule has 0 aliphatic carbocycles. The van der Waals surface area contributed by atoms with Gasteiger partial charge in [0.05, 0.1) is 19.1 Å². The van der Waals surface area contributed by atoms with Crippen molar-refractivity contribution >= 4 is 5.97 Å². The number of hydrogen-bond donors (Lipinski definition) is 1. The Hall–Kier alpha value is -0.570.